The number of thiazole rings is 1. The Morgan fingerprint density at radius 3 is 2.76 bits per heavy atom. The van der Waals surface area contributed by atoms with E-state index in [1.807, 2.05) is 19.2 Å². The number of methoxy groups -OCH3 is 1. The maximum Gasteiger partial charge on any atom is 0.225 e. The van der Waals surface area contributed by atoms with Gasteiger partial charge in [-0.15, -0.1) is 11.3 Å². The fourth-order valence-electron chi connectivity index (χ4n) is 5.03. The molecule has 1 N–H and O–H groups in total. The summed E-state index contributed by atoms with van der Waals surface area (Å²) < 4.78 is 10.7. The van der Waals surface area contributed by atoms with E-state index in [9.17, 15) is 4.79 Å². The fraction of sp³-hybridized carbons (Fsp3) is 0.654. The Hall–Kier alpha value is -2.03. The first kappa shape index (κ1) is 25.1. The topological polar surface area (TPSA) is 76.6 Å². The summed E-state index contributed by atoms with van der Waals surface area (Å²) in [4.78, 5) is 25.0. The van der Waals surface area contributed by atoms with Crippen LogP contribution in [0, 0.1) is 12.8 Å². The quantitative estimate of drug-likeness (QED) is 0.518. The van der Waals surface area contributed by atoms with Gasteiger partial charge in [0.15, 0.2) is 0 Å². The van der Waals surface area contributed by atoms with Crippen LogP contribution in [0.4, 0.5) is 0 Å². The lowest BCUT2D eigenvalue weighted by atomic mass is 9.84. The molecule has 0 spiro atoms. The molecule has 1 fully saturated rings. The largest absolute Gasteiger partial charge is 0.475 e. The van der Waals surface area contributed by atoms with Crippen molar-refractivity contribution in [1.82, 2.24) is 20.2 Å². The highest BCUT2D eigenvalue weighted by molar-refractivity contribution is 7.11. The van der Waals surface area contributed by atoms with E-state index in [4.69, 9.17) is 14.5 Å². The normalized spacial score (nSPS) is 21.0. The van der Waals surface area contributed by atoms with Crippen LogP contribution in [0.5, 0.6) is 5.88 Å². The van der Waals surface area contributed by atoms with Gasteiger partial charge in [-0.05, 0) is 63.5 Å². The Labute approximate surface area is 207 Å². The van der Waals surface area contributed by atoms with Crippen molar-refractivity contribution in [1.29, 1.82) is 0 Å². The minimum Gasteiger partial charge on any atom is -0.475 e. The van der Waals surface area contributed by atoms with E-state index >= 15 is 0 Å². The van der Waals surface area contributed by atoms with Gasteiger partial charge in [0, 0.05) is 55.5 Å². The summed E-state index contributed by atoms with van der Waals surface area (Å²) >= 11 is 1.61. The summed E-state index contributed by atoms with van der Waals surface area (Å²) in [7, 11) is 1.68. The molecule has 0 saturated heterocycles. The van der Waals surface area contributed by atoms with Crippen LogP contribution in [0.2, 0.25) is 0 Å². The number of pyridine rings is 1. The molecule has 7 nitrogen and oxygen atoms in total. The standard InChI is InChI=1S/C26H38N4O3S/c1-19-27-18-23(34-19)17-25(31)28-22-6-3-20(4-7-22)9-12-30-13-10-21-5-8-26(33-16-15-32-2)29-24(21)11-14-30/h5,8,18,20,22H,3-4,6-7,9-17H2,1-2H3,(H,28,31). The van der Waals surface area contributed by atoms with Crippen molar-refractivity contribution in [3.63, 3.8) is 0 Å². The monoisotopic (exact) mass is 486 g/mol. The van der Waals surface area contributed by atoms with Crippen molar-refractivity contribution >= 4 is 17.2 Å². The van der Waals surface area contributed by atoms with Crippen LogP contribution in [0.25, 0.3) is 0 Å². The van der Waals surface area contributed by atoms with E-state index in [2.05, 4.69) is 21.3 Å². The van der Waals surface area contributed by atoms with Gasteiger partial charge in [-0.3, -0.25) is 4.79 Å². The van der Waals surface area contributed by atoms with E-state index < -0.39 is 0 Å². The zero-order chi connectivity index (χ0) is 23.8. The van der Waals surface area contributed by atoms with Crippen LogP contribution in [-0.2, 0) is 28.8 Å². The third-order valence-electron chi connectivity index (χ3n) is 7.01. The summed E-state index contributed by atoms with van der Waals surface area (Å²) in [6, 6.07) is 4.50. The second kappa shape index (κ2) is 12.6. The zero-order valence-electron chi connectivity index (χ0n) is 20.6. The highest BCUT2D eigenvalue weighted by Gasteiger charge is 2.24. The number of hydrogen-bond donors (Lipinski definition) is 1. The minimum atomic E-state index is 0.136. The molecule has 3 heterocycles. The number of carbonyl (C=O) groups excluding carboxylic acids is 1. The molecule has 1 amide bonds. The van der Waals surface area contributed by atoms with Crippen LogP contribution in [0.3, 0.4) is 0 Å². The first-order chi connectivity index (χ1) is 16.6. The Balaban J connectivity index is 1.14. The van der Waals surface area contributed by atoms with Crippen molar-refractivity contribution in [3.05, 3.63) is 39.5 Å². The lowest BCUT2D eigenvalue weighted by molar-refractivity contribution is -0.121. The maximum absolute atomic E-state index is 12.4. The smallest absolute Gasteiger partial charge is 0.225 e. The molecule has 1 aliphatic carbocycles. The van der Waals surface area contributed by atoms with E-state index in [1.54, 1.807) is 18.4 Å². The molecular weight excluding hydrogens is 448 g/mol. The zero-order valence-corrected chi connectivity index (χ0v) is 21.4. The van der Waals surface area contributed by atoms with E-state index in [0.717, 1.165) is 61.1 Å². The number of nitrogens with one attached hydrogen (secondary N) is 1. The number of aromatic nitrogens is 2. The van der Waals surface area contributed by atoms with Crippen LogP contribution in [-0.4, -0.2) is 66.8 Å². The van der Waals surface area contributed by atoms with Crippen molar-refractivity contribution in [2.75, 3.05) is 40.0 Å². The van der Waals surface area contributed by atoms with Gasteiger partial charge in [0.05, 0.1) is 18.0 Å². The highest BCUT2D eigenvalue weighted by Crippen LogP contribution is 2.28. The number of aryl methyl sites for hydroxylation is 1. The molecule has 4 rings (SSSR count). The molecule has 8 heteroatoms. The van der Waals surface area contributed by atoms with Crippen molar-refractivity contribution < 1.29 is 14.3 Å². The first-order valence-electron chi connectivity index (χ1n) is 12.6. The Kier molecular flexibility index (Phi) is 9.30. The molecule has 0 unspecified atom stereocenters. The average molecular weight is 487 g/mol. The predicted octanol–water partition coefficient (Wildman–Crippen LogP) is 3.58. The summed E-state index contributed by atoms with van der Waals surface area (Å²) in [6.07, 6.45) is 10.2. The Morgan fingerprint density at radius 1 is 1.18 bits per heavy atom. The van der Waals surface area contributed by atoms with E-state index in [1.165, 1.54) is 30.5 Å². The third kappa shape index (κ3) is 7.48. The fourth-order valence-corrected chi connectivity index (χ4v) is 5.82. The molecule has 0 radical (unpaired) electrons. The molecule has 34 heavy (non-hydrogen) atoms. The second-order valence-electron chi connectivity index (χ2n) is 9.53. The van der Waals surface area contributed by atoms with E-state index in [-0.39, 0.29) is 5.91 Å². The number of fused-ring (bicyclic) bond motifs is 1. The average Bonchev–Trinajstić information content (AvgIpc) is 3.13. The van der Waals surface area contributed by atoms with Gasteiger partial charge in [0.1, 0.15) is 6.61 Å². The Bertz CT molecular complexity index is 927. The van der Waals surface area contributed by atoms with Crippen molar-refractivity contribution in [3.8, 4) is 5.88 Å². The molecule has 0 bridgehead atoms. The van der Waals surface area contributed by atoms with Gasteiger partial charge >= 0.3 is 0 Å². The molecule has 0 atom stereocenters. The minimum absolute atomic E-state index is 0.136. The van der Waals surface area contributed by atoms with Crippen LogP contribution in [0.1, 0.15) is 53.2 Å². The van der Waals surface area contributed by atoms with Crippen LogP contribution in [0.15, 0.2) is 18.3 Å². The summed E-state index contributed by atoms with van der Waals surface area (Å²) in [5.41, 5.74) is 2.54. The third-order valence-corrected chi connectivity index (χ3v) is 7.92. The second-order valence-corrected chi connectivity index (χ2v) is 10.9. The van der Waals surface area contributed by atoms with Gasteiger partial charge in [-0.1, -0.05) is 6.07 Å². The molecule has 186 valence electrons. The first-order valence-corrected chi connectivity index (χ1v) is 13.4. The predicted molar refractivity (Wildman–Crippen MR) is 135 cm³/mol. The molecule has 0 aromatic carbocycles. The van der Waals surface area contributed by atoms with Crippen LogP contribution < -0.4 is 10.1 Å². The summed E-state index contributed by atoms with van der Waals surface area (Å²) in [6.45, 7) is 6.40. The van der Waals surface area contributed by atoms with Gasteiger partial charge < -0.3 is 19.7 Å². The van der Waals surface area contributed by atoms with Crippen molar-refractivity contribution in [2.24, 2.45) is 5.92 Å². The van der Waals surface area contributed by atoms with Crippen molar-refractivity contribution in [2.45, 2.75) is 64.3 Å². The number of ether oxygens (including phenoxy) is 2. The molecule has 1 saturated carbocycles. The highest BCUT2D eigenvalue weighted by atomic mass is 32.1. The number of rotatable bonds is 10. The molecular formula is C26H38N4O3S. The SMILES string of the molecule is COCCOc1ccc2c(n1)CCN(CCC1CCC(NC(=O)Cc3cnc(C)s3)CC1)CC2. The van der Waals surface area contributed by atoms with Crippen LogP contribution >= 0.6 is 11.3 Å². The molecule has 2 aromatic rings. The molecule has 2 aliphatic rings. The number of hydrogen-bond acceptors (Lipinski definition) is 7. The van der Waals surface area contributed by atoms with E-state index in [0.29, 0.717) is 31.6 Å². The number of carbonyl (C=O) groups is 1. The lowest BCUT2D eigenvalue weighted by Crippen LogP contribution is -2.38. The van der Waals surface area contributed by atoms with Gasteiger partial charge in [0.2, 0.25) is 11.8 Å². The summed E-state index contributed by atoms with van der Waals surface area (Å²) in [5.74, 6) is 1.61. The maximum atomic E-state index is 12.4. The lowest BCUT2D eigenvalue weighted by Gasteiger charge is -2.30. The molecule has 2 aromatic heterocycles. The number of nitrogens with zero attached hydrogens (tertiary/aromatic N) is 3. The van der Waals surface area contributed by atoms with Gasteiger partial charge in [0.25, 0.3) is 0 Å². The van der Waals surface area contributed by atoms with Gasteiger partial charge in [-0.2, -0.15) is 0 Å². The molecule has 1 aliphatic heterocycles. The van der Waals surface area contributed by atoms with Gasteiger partial charge in [-0.25, -0.2) is 9.97 Å². The number of amides is 1. The summed E-state index contributed by atoms with van der Waals surface area (Å²) in [5, 5.41) is 4.27. The Morgan fingerprint density at radius 2 is 2.00 bits per heavy atom.